The van der Waals surface area contributed by atoms with Gasteiger partial charge < -0.3 is 14.6 Å². The van der Waals surface area contributed by atoms with Gasteiger partial charge in [-0.25, -0.2) is 4.98 Å². The van der Waals surface area contributed by atoms with Crippen molar-refractivity contribution in [2.45, 2.75) is 12.8 Å². The lowest BCUT2D eigenvalue weighted by atomic mass is 10.1. The topological polar surface area (TPSA) is 56.1 Å². The fraction of sp³-hybridized carbons (Fsp3) is 0.167. The number of thiazole rings is 1. The second-order valence-electron chi connectivity index (χ2n) is 6.96. The van der Waals surface area contributed by atoms with E-state index >= 15 is 0 Å². The first kappa shape index (κ1) is 20.1. The van der Waals surface area contributed by atoms with E-state index in [4.69, 9.17) is 4.74 Å². The van der Waals surface area contributed by atoms with Crippen molar-refractivity contribution in [1.29, 1.82) is 0 Å². The van der Waals surface area contributed by atoms with Gasteiger partial charge in [0.2, 0.25) is 5.91 Å². The number of benzene rings is 2. The van der Waals surface area contributed by atoms with Crippen molar-refractivity contribution in [2.24, 2.45) is 0 Å². The minimum Gasteiger partial charge on any atom is -0.384 e. The predicted molar refractivity (Wildman–Crippen MR) is 121 cm³/mol. The number of anilines is 1. The number of carbonyl (C=O) groups excluding carboxylic acids is 1. The van der Waals surface area contributed by atoms with Gasteiger partial charge in [-0.1, -0.05) is 36.4 Å². The first-order valence-corrected chi connectivity index (χ1v) is 10.6. The first-order chi connectivity index (χ1) is 14.7. The van der Waals surface area contributed by atoms with E-state index in [0.29, 0.717) is 18.2 Å². The third-order valence-corrected chi connectivity index (χ3v) is 5.56. The second kappa shape index (κ2) is 9.52. The van der Waals surface area contributed by atoms with Gasteiger partial charge in [0.05, 0.1) is 18.7 Å². The molecule has 0 unspecified atom stereocenters. The maximum absolute atomic E-state index is 12.4. The quantitative estimate of drug-likeness (QED) is 0.440. The van der Waals surface area contributed by atoms with Crippen molar-refractivity contribution >= 4 is 22.4 Å². The van der Waals surface area contributed by atoms with Crippen LogP contribution in [-0.2, 0) is 22.4 Å². The Morgan fingerprint density at radius 1 is 1.03 bits per heavy atom. The van der Waals surface area contributed by atoms with Crippen LogP contribution in [0.3, 0.4) is 0 Å². The summed E-state index contributed by atoms with van der Waals surface area (Å²) in [6.07, 6.45) is 5.19. The molecule has 0 saturated carbocycles. The Morgan fingerprint density at radius 2 is 1.73 bits per heavy atom. The highest BCUT2D eigenvalue weighted by molar-refractivity contribution is 7.14. The molecule has 6 heteroatoms. The Balaban J connectivity index is 1.34. The zero-order chi connectivity index (χ0) is 20.8. The van der Waals surface area contributed by atoms with Gasteiger partial charge in [0.25, 0.3) is 0 Å². The van der Waals surface area contributed by atoms with Crippen molar-refractivity contribution in [1.82, 2.24) is 9.55 Å². The molecular weight excluding hydrogens is 394 g/mol. The molecule has 0 radical (unpaired) electrons. The Labute approximate surface area is 180 Å². The van der Waals surface area contributed by atoms with E-state index in [2.05, 4.69) is 34.6 Å². The molecule has 0 spiro atoms. The average Bonchev–Trinajstić information content (AvgIpc) is 3.46. The molecule has 0 aliphatic heterocycles. The SMILES string of the molecule is COCCc1ccc(-c2csc(NC(=O)Cc3ccc(-n4cccc4)cc3)n2)cc1. The van der Waals surface area contributed by atoms with E-state index in [1.54, 1.807) is 7.11 Å². The summed E-state index contributed by atoms with van der Waals surface area (Å²) in [5.41, 5.74) is 5.17. The Kier molecular flexibility index (Phi) is 6.37. The Bertz CT molecular complexity index is 1080. The molecule has 0 aliphatic rings. The fourth-order valence-electron chi connectivity index (χ4n) is 3.17. The summed E-state index contributed by atoms with van der Waals surface area (Å²) in [6, 6.07) is 20.2. The highest BCUT2D eigenvalue weighted by atomic mass is 32.1. The molecule has 30 heavy (non-hydrogen) atoms. The van der Waals surface area contributed by atoms with E-state index in [1.165, 1.54) is 16.9 Å². The number of hydrogen-bond acceptors (Lipinski definition) is 4. The number of rotatable bonds is 8. The average molecular weight is 418 g/mol. The molecule has 0 atom stereocenters. The van der Waals surface area contributed by atoms with Crippen LogP contribution in [0.2, 0.25) is 0 Å². The summed E-state index contributed by atoms with van der Waals surface area (Å²) < 4.78 is 7.15. The van der Waals surface area contributed by atoms with Crippen LogP contribution >= 0.6 is 11.3 Å². The summed E-state index contributed by atoms with van der Waals surface area (Å²) in [5, 5.41) is 5.49. The molecule has 1 amide bonds. The molecule has 2 heterocycles. The lowest BCUT2D eigenvalue weighted by molar-refractivity contribution is -0.115. The molecule has 4 rings (SSSR count). The maximum atomic E-state index is 12.4. The molecule has 5 nitrogen and oxygen atoms in total. The van der Waals surface area contributed by atoms with Gasteiger partial charge in [0.1, 0.15) is 0 Å². The molecule has 0 bridgehead atoms. The van der Waals surface area contributed by atoms with E-state index in [-0.39, 0.29) is 5.91 Å². The molecule has 2 aromatic carbocycles. The minimum atomic E-state index is -0.0699. The standard InChI is InChI=1S/C24H23N3O2S/c1-29-15-12-18-4-8-20(9-5-18)22-17-30-24(25-22)26-23(28)16-19-6-10-21(11-7-19)27-13-2-3-14-27/h2-11,13-14,17H,12,15-16H2,1H3,(H,25,26,28). The van der Waals surface area contributed by atoms with Gasteiger partial charge in [0, 0.05) is 36.1 Å². The zero-order valence-electron chi connectivity index (χ0n) is 16.7. The summed E-state index contributed by atoms with van der Waals surface area (Å²) in [6.45, 7) is 0.710. The number of amides is 1. The summed E-state index contributed by atoms with van der Waals surface area (Å²) in [4.78, 5) is 17.0. The van der Waals surface area contributed by atoms with Crippen LogP contribution in [0.1, 0.15) is 11.1 Å². The normalized spacial score (nSPS) is 10.8. The van der Waals surface area contributed by atoms with Crippen LogP contribution < -0.4 is 5.32 Å². The summed E-state index contributed by atoms with van der Waals surface area (Å²) in [7, 11) is 1.71. The molecule has 1 N–H and O–H groups in total. The van der Waals surface area contributed by atoms with E-state index in [0.717, 1.165) is 28.9 Å². The summed E-state index contributed by atoms with van der Waals surface area (Å²) >= 11 is 1.44. The highest BCUT2D eigenvalue weighted by Crippen LogP contribution is 2.25. The molecule has 0 saturated heterocycles. The minimum absolute atomic E-state index is 0.0699. The van der Waals surface area contributed by atoms with Crippen molar-refractivity contribution in [3.63, 3.8) is 0 Å². The van der Waals surface area contributed by atoms with Crippen molar-refractivity contribution in [3.05, 3.63) is 89.6 Å². The van der Waals surface area contributed by atoms with Gasteiger partial charge in [-0.3, -0.25) is 4.79 Å². The van der Waals surface area contributed by atoms with Crippen molar-refractivity contribution in [2.75, 3.05) is 19.0 Å². The van der Waals surface area contributed by atoms with Crippen LogP contribution in [0.15, 0.2) is 78.4 Å². The van der Waals surface area contributed by atoms with Crippen LogP contribution in [0, 0.1) is 0 Å². The molecule has 4 aromatic rings. The summed E-state index contributed by atoms with van der Waals surface area (Å²) in [5.74, 6) is -0.0699. The van der Waals surface area contributed by atoms with Crippen LogP contribution in [0.25, 0.3) is 16.9 Å². The molecule has 2 aromatic heterocycles. The molecule has 0 fully saturated rings. The highest BCUT2D eigenvalue weighted by Gasteiger charge is 2.09. The van der Waals surface area contributed by atoms with E-state index in [9.17, 15) is 4.79 Å². The van der Waals surface area contributed by atoms with Gasteiger partial charge in [0.15, 0.2) is 5.13 Å². The van der Waals surface area contributed by atoms with Crippen LogP contribution in [0.5, 0.6) is 0 Å². The van der Waals surface area contributed by atoms with E-state index < -0.39 is 0 Å². The second-order valence-corrected chi connectivity index (χ2v) is 7.82. The lowest BCUT2D eigenvalue weighted by Crippen LogP contribution is -2.14. The number of nitrogens with zero attached hydrogens (tertiary/aromatic N) is 2. The number of hydrogen-bond donors (Lipinski definition) is 1. The van der Waals surface area contributed by atoms with Gasteiger partial charge in [-0.15, -0.1) is 11.3 Å². The van der Waals surface area contributed by atoms with Crippen molar-refractivity contribution in [3.8, 4) is 16.9 Å². The Morgan fingerprint density at radius 3 is 2.43 bits per heavy atom. The van der Waals surface area contributed by atoms with Gasteiger partial charge in [-0.05, 0) is 41.8 Å². The Hall–Kier alpha value is -3.22. The van der Waals surface area contributed by atoms with E-state index in [1.807, 2.05) is 58.7 Å². The van der Waals surface area contributed by atoms with Crippen LogP contribution in [0.4, 0.5) is 5.13 Å². The van der Waals surface area contributed by atoms with Gasteiger partial charge in [-0.2, -0.15) is 0 Å². The van der Waals surface area contributed by atoms with Crippen molar-refractivity contribution < 1.29 is 9.53 Å². The fourth-order valence-corrected chi connectivity index (χ4v) is 3.90. The monoisotopic (exact) mass is 417 g/mol. The number of methoxy groups -OCH3 is 1. The predicted octanol–water partition coefficient (Wildman–Crippen LogP) is 4.97. The lowest BCUT2D eigenvalue weighted by Gasteiger charge is -2.05. The number of nitrogens with one attached hydrogen (secondary N) is 1. The third-order valence-electron chi connectivity index (χ3n) is 4.80. The number of aromatic nitrogens is 2. The van der Waals surface area contributed by atoms with Crippen LogP contribution in [-0.4, -0.2) is 29.2 Å². The molecular formula is C24H23N3O2S. The third kappa shape index (κ3) is 5.03. The maximum Gasteiger partial charge on any atom is 0.230 e. The first-order valence-electron chi connectivity index (χ1n) is 9.77. The zero-order valence-corrected chi connectivity index (χ0v) is 17.6. The smallest absolute Gasteiger partial charge is 0.230 e. The molecule has 152 valence electrons. The number of ether oxygens (including phenoxy) is 1. The number of carbonyl (C=O) groups is 1. The largest absolute Gasteiger partial charge is 0.384 e. The van der Waals surface area contributed by atoms with Gasteiger partial charge >= 0.3 is 0 Å². The molecule has 0 aliphatic carbocycles.